The van der Waals surface area contributed by atoms with Gasteiger partial charge in [-0.05, 0) is 70.1 Å². The Morgan fingerprint density at radius 2 is 1.68 bits per heavy atom. The molecule has 0 radical (unpaired) electrons. The van der Waals surface area contributed by atoms with Crippen molar-refractivity contribution in [3.05, 3.63) is 59.5 Å². The number of ether oxygens (including phenoxy) is 1. The molecule has 38 heavy (non-hydrogen) atoms. The first kappa shape index (κ1) is 28.2. The summed E-state index contributed by atoms with van der Waals surface area (Å²) in [5.41, 5.74) is 0.716. The summed E-state index contributed by atoms with van der Waals surface area (Å²) in [5, 5.41) is 0. The highest BCUT2D eigenvalue weighted by Gasteiger charge is 2.38. The Morgan fingerprint density at radius 3 is 2.26 bits per heavy atom. The average molecular weight is 524 g/mol. The van der Waals surface area contributed by atoms with Gasteiger partial charge in [0, 0.05) is 45.2 Å². The van der Waals surface area contributed by atoms with Crippen molar-refractivity contribution in [1.29, 1.82) is 0 Å². The van der Waals surface area contributed by atoms with E-state index in [0.717, 1.165) is 37.5 Å². The molecular formula is C31H45N3O4. The predicted octanol–water partition coefficient (Wildman–Crippen LogP) is 5.88. The number of benzene rings is 1. The zero-order valence-electron chi connectivity index (χ0n) is 24.0. The van der Waals surface area contributed by atoms with E-state index >= 15 is 0 Å². The van der Waals surface area contributed by atoms with Gasteiger partial charge >= 0.3 is 6.09 Å². The summed E-state index contributed by atoms with van der Waals surface area (Å²) < 4.78 is 11.6. The SMILES string of the molecule is Cc1ccc(C(c2ccccc2)N2CCN(C(=O)CC3CCN(C(=O)OC(C)(C)C)CC3)C(C(C)C)C2)o1. The first-order valence-corrected chi connectivity index (χ1v) is 14.1. The number of nitrogens with zero attached hydrogens (tertiary/aromatic N) is 3. The molecule has 2 fully saturated rings. The standard InChI is InChI=1S/C31H45N3O4/c1-22(2)26-21-33(29(25-10-8-7-9-11-25)27-13-12-23(3)37-27)18-19-34(26)28(35)20-24-14-16-32(17-15-24)30(36)38-31(4,5)6/h7-13,22,24,26,29H,14-21H2,1-6H3. The van der Waals surface area contributed by atoms with Gasteiger partial charge in [0.05, 0.1) is 6.04 Å². The van der Waals surface area contributed by atoms with Crippen LogP contribution in [-0.4, -0.2) is 71.1 Å². The second-order valence-electron chi connectivity index (χ2n) is 12.3. The van der Waals surface area contributed by atoms with Crippen LogP contribution in [0.25, 0.3) is 0 Å². The van der Waals surface area contributed by atoms with Gasteiger partial charge in [-0.15, -0.1) is 0 Å². The lowest BCUT2D eigenvalue weighted by atomic mass is 9.91. The molecule has 0 bridgehead atoms. The summed E-state index contributed by atoms with van der Waals surface area (Å²) in [4.78, 5) is 32.4. The quantitative estimate of drug-likeness (QED) is 0.473. The maximum Gasteiger partial charge on any atom is 0.410 e. The van der Waals surface area contributed by atoms with Crippen LogP contribution in [0.3, 0.4) is 0 Å². The second-order valence-corrected chi connectivity index (χ2v) is 12.3. The van der Waals surface area contributed by atoms with Gasteiger partial charge in [0.15, 0.2) is 0 Å². The third-order valence-electron chi connectivity index (χ3n) is 7.78. The third-order valence-corrected chi connectivity index (χ3v) is 7.78. The molecule has 2 aliphatic rings. The number of furan rings is 1. The molecule has 208 valence electrons. The lowest BCUT2D eigenvalue weighted by molar-refractivity contribution is -0.139. The maximum atomic E-state index is 13.6. The highest BCUT2D eigenvalue weighted by Crippen LogP contribution is 2.34. The van der Waals surface area contributed by atoms with Crippen LogP contribution in [0.1, 0.15) is 77.0 Å². The van der Waals surface area contributed by atoms with E-state index in [4.69, 9.17) is 9.15 Å². The molecule has 2 amide bonds. The minimum Gasteiger partial charge on any atom is -0.464 e. The Balaban J connectivity index is 1.39. The molecule has 2 aliphatic heterocycles. The highest BCUT2D eigenvalue weighted by molar-refractivity contribution is 5.77. The average Bonchev–Trinajstić information content (AvgIpc) is 3.29. The van der Waals surface area contributed by atoms with Gasteiger partial charge in [0.1, 0.15) is 17.1 Å². The molecule has 0 aliphatic carbocycles. The van der Waals surface area contributed by atoms with E-state index in [1.807, 2.05) is 39.8 Å². The number of piperidine rings is 1. The van der Waals surface area contributed by atoms with Gasteiger partial charge in [-0.1, -0.05) is 44.2 Å². The summed E-state index contributed by atoms with van der Waals surface area (Å²) in [5.74, 6) is 2.74. The normalized spacial score (nSPS) is 20.6. The number of piperazine rings is 1. The monoisotopic (exact) mass is 523 g/mol. The van der Waals surface area contributed by atoms with E-state index in [1.54, 1.807) is 4.90 Å². The van der Waals surface area contributed by atoms with Gasteiger partial charge in [-0.3, -0.25) is 9.69 Å². The van der Waals surface area contributed by atoms with Crippen LogP contribution in [-0.2, 0) is 9.53 Å². The van der Waals surface area contributed by atoms with Crippen LogP contribution in [0.2, 0.25) is 0 Å². The molecule has 2 saturated heterocycles. The molecule has 1 aromatic heterocycles. The number of carbonyl (C=O) groups is 2. The number of amides is 2. The first-order chi connectivity index (χ1) is 18.0. The predicted molar refractivity (Wildman–Crippen MR) is 149 cm³/mol. The van der Waals surface area contributed by atoms with Gasteiger partial charge < -0.3 is 19.0 Å². The van der Waals surface area contributed by atoms with Crippen molar-refractivity contribution >= 4 is 12.0 Å². The zero-order chi connectivity index (χ0) is 27.4. The lowest BCUT2D eigenvalue weighted by Crippen LogP contribution is -2.58. The van der Waals surface area contributed by atoms with Crippen LogP contribution >= 0.6 is 0 Å². The number of aryl methyl sites for hydroxylation is 1. The van der Waals surface area contributed by atoms with E-state index in [0.29, 0.717) is 37.9 Å². The number of likely N-dealkylation sites (tertiary alicyclic amines) is 1. The number of rotatable bonds is 6. The van der Waals surface area contributed by atoms with Crippen LogP contribution in [0.4, 0.5) is 4.79 Å². The number of hydrogen-bond acceptors (Lipinski definition) is 5. The Morgan fingerprint density at radius 1 is 1.00 bits per heavy atom. The van der Waals surface area contributed by atoms with Crippen molar-refractivity contribution in [2.75, 3.05) is 32.7 Å². The second kappa shape index (κ2) is 11.9. The van der Waals surface area contributed by atoms with Crippen LogP contribution in [0.5, 0.6) is 0 Å². The van der Waals surface area contributed by atoms with Gasteiger partial charge in [-0.25, -0.2) is 4.79 Å². The zero-order valence-corrected chi connectivity index (χ0v) is 24.0. The molecule has 3 heterocycles. The van der Waals surface area contributed by atoms with E-state index < -0.39 is 5.60 Å². The fraction of sp³-hybridized carbons (Fsp3) is 0.613. The fourth-order valence-corrected chi connectivity index (χ4v) is 5.75. The molecule has 2 aromatic rings. The largest absolute Gasteiger partial charge is 0.464 e. The summed E-state index contributed by atoms with van der Waals surface area (Å²) in [7, 11) is 0. The Labute approximate surface area is 228 Å². The van der Waals surface area contributed by atoms with E-state index in [1.165, 1.54) is 5.56 Å². The topological polar surface area (TPSA) is 66.2 Å². The molecule has 1 aromatic carbocycles. The minimum absolute atomic E-state index is 0.0283. The first-order valence-electron chi connectivity index (χ1n) is 14.1. The fourth-order valence-electron chi connectivity index (χ4n) is 5.75. The molecular weight excluding hydrogens is 478 g/mol. The highest BCUT2D eigenvalue weighted by atomic mass is 16.6. The molecule has 4 rings (SSSR count). The Hall–Kier alpha value is -2.80. The van der Waals surface area contributed by atoms with E-state index in [-0.39, 0.29) is 24.1 Å². The van der Waals surface area contributed by atoms with Gasteiger partial charge in [0.25, 0.3) is 0 Å². The molecule has 0 N–H and O–H groups in total. The molecule has 0 spiro atoms. The smallest absolute Gasteiger partial charge is 0.410 e. The summed E-state index contributed by atoms with van der Waals surface area (Å²) in [6.07, 6.45) is 1.97. The Bertz CT molecular complexity index is 1070. The maximum absolute atomic E-state index is 13.6. The van der Waals surface area contributed by atoms with Crippen molar-refractivity contribution < 1.29 is 18.7 Å². The molecule has 7 nitrogen and oxygen atoms in total. The lowest BCUT2D eigenvalue weighted by Gasteiger charge is -2.46. The molecule has 2 unspecified atom stereocenters. The van der Waals surface area contributed by atoms with E-state index in [9.17, 15) is 9.59 Å². The van der Waals surface area contributed by atoms with Crippen molar-refractivity contribution in [3.63, 3.8) is 0 Å². The van der Waals surface area contributed by atoms with Crippen molar-refractivity contribution in [3.8, 4) is 0 Å². The molecule has 2 atom stereocenters. The van der Waals surface area contributed by atoms with Crippen LogP contribution < -0.4 is 0 Å². The van der Waals surface area contributed by atoms with Crippen molar-refractivity contribution in [2.45, 2.75) is 78.5 Å². The summed E-state index contributed by atoms with van der Waals surface area (Å²) in [6, 6.07) is 14.8. The minimum atomic E-state index is -0.493. The van der Waals surface area contributed by atoms with E-state index in [2.05, 4.69) is 54.0 Å². The number of hydrogen-bond donors (Lipinski definition) is 0. The molecule has 0 saturated carbocycles. The number of carbonyl (C=O) groups excluding carboxylic acids is 2. The van der Waals surface area contributed by atoms with Crippen LogP contribution in [0, 0.1) is 18.8 Å². The summed E-state index contributed by atoms with van der Waals surface area (Å²) >= 11 is 0. The molecule has 7 heteroatoms. The van der Waals surface area contributed by atoms with Crippen LogP contribution in [0.15, 0.2) is 46.9 Å². The van der Waals surface area contributed by atoms with Crippen molar-refractivity contribution in [1.82, 2.24) is 14.7 Å². The van der Waals surface area contributed by atoms with Crippen molar-refractivity contribution in [2.24, 2.45) is 11.8 Å². The van der Waals surface area contributed by atoms with Gasteiger partial charge in [-0.2, -0.15) is 0 Å². The summed E-state index contributed by atoms with van der Waals surface area (Å²) in [6.45, 7) is 15.7. The van der Waals surface area contributed by atoms with Gasteiger partial charge in [0.2, 0.25) is 5.91 Å². The Kier molecular flexibility index (Phi) is 8.86. The third kappa shape index (κ3) is 6.99.